The van der Waals surface area contributed by atoms with E-state index in [2.05, 4.69) is 15.9 Å². The number of carbonyl (C=O) groups is 2. The number of nitrogens with two attached hydrogens (primary N) is 2. The minimum Gasteiger partial charge on any atom is -0.350 e. The Hall–Kier alpha value is -3.78. The largest absolute Gasteiger partial charge is 0.350 e. The van der Waals surface area contributed by atoms with Crippen LogP contribution in [0, 0.1) is 13.8 Å². The van der Waals surface area contributed by atoms with E-state index in [1.54, 1.807) is 13.8 Å². The molecule has 2 aromatic rings. The monoisotopic (exact) mass is 344 g/mol. The fourth-order valence-electron chi connectivity index (χ4n) is 2.13. The van der Waals surface area contributed by atoms with Crippen LogP contribution in [0.4, 0.5) is 9.59 Å². The normalized spacial score (nSPS) is 10.6. The summed E-state index contributed by atoms with van der Waals surface area (Å²) in [6.07, 6.45) is 5.82. The standard InChI is InChI=1S/C15H16N6O4/c1-8-10(12(22)20(18-8)14(16)24)6-4-3-5-7-11-9(2)19-21(13(11)23)15(17)25/h3-4,6-7,18-19H,1-2H3,(H2,16,24)(H2,17,25). The molecule has 0 saturated carbocycles. The van der Waals surface area contributed by atoms with Gasteiger partial charge in [0.25, 0.3) is 11.1 Å². The first-order valence-corrected chi connectivity index (χ1v) is 7.06. The quantitative estimate of drug-likeness (QED) is 0.456. The van der Waals surface area contributed by atoms with Crippen molar-refractivity contribution in [1.82, 2.24) is 19.6 Å². The molecule has 0 aliphatic heterocycles. The predicted octanol–water partition coefficient (Wildman–Crippen LogP) is 0.0183. The van der Waals surface area contributed by atoms with Crippen molar-refractivity contribution in [3.8, 4) is 0 Å². The Bertz CT molecular complexity index is 1050. The number of aromatic nitrogens is 4. The molecular weight excluding hydrogens is 328 g/mol. The first-order valence-electron chi connectivity index (χ1n) is 7.06. The molecule has 0 aliphatic carbocycles. The van der Waals surface area contributed by atoms with Gasteiger partial charge in [0.05, 0.1) is 11.1 Å². The lowest BCUT2D eigenvalue weighted by Crippen LogP contribution is -2.30. The third-order valence-electron chi connectivity index (χ3n) is 3.36. The number of hydrogen-bond acceptors (Lipinski definition) is 4. The fourth-order valence-corrected chi connectivity index (χ4v) is 2.13. The van der Waals surface area contributed by atoms with Crippen molar-refractivity contribution < 1.29 is 9.59 Å². The van der Waals surface area contributed by atoms with Crippen molar-refractivity contribution in [3.05, 3.63) is 61.1 Å². The summed E-state index contributed by atoms with van der Waals surface area (Å²) in [5.41, 5.74) is 13.2. The van der Waals surface area contributed by atoms with Crippen LogP contribution >= 0.6 is 0 Å². The Labute approximate surface area is 140 Å². The summed E-state index contributed by atoms with van der Waals surface area (Å²) in [7, 11) is 0. The first kappa shape index (κ1) is 17.6. The van der Waals surface area contributed by atoms with Crippen molar-refractivity contribution in [2.45, 2.75) is 13.8 Å². The fraction of sp³-hybridized carbons (Fsp3) is 0.133. The number of nitrogens with one attached hydrogen (secondary N) is 2. The van der Waals surface area contributed by atoms with Gasteiger partial charge in [0.1, 0.15) is 0 Å². The van der Waals surface area contributed by atoms with Crippen molar-refractivity contribution >= 4 is 24.2 Å². The third kappa shape index (κ3) is 3.43. The third-order valence-corrected chi connectivity index (χ3v) is 3.36. The van der Waals surface area contributed by atoms with E-state index in [1.165, 1.54) is 24.3 Å². The predicted molar refractivity (Wildman–Crippen MR) is 91.1 cm³/mol. The Morgan fingerprint density at radius 3 is 1.92 bits per heavy atom. The average Bonchev–Trinajstić information content (AvgIpc) is 2.98. The van der Waals surface area contributed by atoms with E-state index in [9.17, 15) is 19.2 Å². The minimum absolute atomic E-state index is 0.234. The van der Waals surface area contributed by atoms with E-state index in [4.69, 9.17) is 11.5 Å². The van der Waals surface area contributed by atoms with Gasteiger partial charge in [-0.25, -0.2) is 9.59 Å². The number of allylic oxidation sites excluding steroid dienone is 2. The summed E-state index contributed by atoms with van der Waals surface area (Å²) in [6.45, 7) is 3.23. The van der Waals surface area contributed by atoms with E-state index < -0.39 is 23.2 Å². The SMILES string of the molecule is Cc1[nH]n(C(N)=O)c(=O)c1C=C=CC=Cc1c(C)[nH]n(C(N)=O)c1=O. The van der Waals surface area contributed by atoms with Crippen LogP contribution in [0.2, 0.25) is 0 Å². The highest BCUT2D eigenvalue weighted by molar-refractivity contribution is 5.75. The summed E-state index contributed by atoms with van der Waals surface area (Å²) >= 11 is 0. The molecule has 2 amide bonds. The van der Waals surface area contributed by atoms with Crippen LogP contribution in [0.3, 0.4) is 0 Å². The molecule has 0 radical (unpaired) electrons. The maximum absolute atomic E-state index is 11.9. The molecule has 6 N–H and O–H groups in total. The molecule has 0 aliphatic rings. The Balaban J connectivity index is 2.28. The second-order valence-electron chi connectivity index (χ2n) is 5.10. The number of carbonyl (C=O) groups excluding carboxylic acids is 2. The zero-order valence-corrected chi connectivity index (χ0v) is 13.5. The molecule has 0 fully saturated rings. The average molecular weight is 344 g/mol. The second kappa shape index (κ2) is 6.77. The smallest absolute Gasteiger partial charge is 0.341 e. The van der Waals surface area contributed by atoms with Crippen LogP contribution in [-0.2, 0) is 0 Å². The van der Waals surface area contributed by atoms with Crippen LogP contribution in [0.25, 0.3) is 12.2 Å². The highest BCUT2D eigenvalue weighted by Gasteiger charge is 2.12. The Morgan fingerprint density at radius 1 is 0.960 bits per heavy atom. The summed E-state index contributed by atoms with van der Waals surface area (Å²) in [5.74, 6) is 0. The Kier molecular flexibility index (Phi) is 4.76. The van der Waals surface area contributed by atoms with Gasteiger partial charge in [-0.05, 0) is 32.1 Å². The molecule has 0 unspecified atom stereocenters. The maximum Gasteiger partial charge on any atom is 0.341 e. The molecule has 10 nitrogen and oxygen atoms in total. The second-order valence-corrected chi connectivity index (χ2v) is 5.10. The van der Waals surface area contributed by atoms with Gasteiger partial charge in [0.2, 0.25) is 0 Å². The van der Waals surface area contributed by atoms with Gasteiger partial charge in [-0.15, -0.1) is 5.73 Å². The number of aromatic amines is 2. The van der Waals surface area contributed by atoms with Gasteiger partial charge in [-0.2, -0.15) is 9.36 Å². The van der Waals surface area contributed by atoms with E-state index >= 15 is 0 Å². The maximum atomic E-state index is 11.9. The molecular formula is C15H16N6O4. The van der Waals surface area contributed by atoms with Crippen molar-refractivity contribution in [2.75, 3.05) is 0 Å². The van der Waals surface area contributed by atoms with Crippen LogP contribution in [0.5, 0.6) is 0 Å². The van der Waals surface area contributed by atoms with Crippen molar-refractivity contribution in [3.63, 3.8) is 0 Å². The number of nitrogens with zero attached hydrogens (tertiary/aromatic N) is 2. The van der Waals surface area contributed by atoms with Crippen molar-refractivity contribution in [1.29, 1.82) is 0 Å². The number of amides is 2. The number of H-pyrrole nitrogens is 2. The van der Waals surface area contributed by atoms with E-state index in [-0.39, 0.29) is 11.1 Å². The van der Waals surface area contributed by atoms with Crippen LogP contribution in [-0.4, -0.2) is 31.6 Å². The molecule has 0 bridgehead atoms. The summed E-state index contributed by atoms with van der Waals surface area (Å²) < 4.78 is 1.39. The topological polar surface area (TPSA) is 162 Å². The molecule has 10 heteroatoms. The van der Waals surface area contributed by atoms with Gasteiger partial charge in [-0.3, -0.25) is 19.8 Å². The van der Waals surface area contributed by atoms with Crippen LogP contribution in [0.1, 0.15) is 22.5 Å². The zero-order chi connectivity index (χ0) is 18.7. The van der Waals surface area contributed by atoms with E-state index in [0.717, 1.165) is 0 Å². The highest BCUT2D eigenvalue weighted by atomic mass is 16.2. The molecule has 130 valence electrons. The molecule has 2 rings (SSSR count). The number of aryl methyl sites for hydroxylation is 2. The summed E-state index contributed by atoms with van der Waals surface area (Å²) in [4.78, 5) is 46.0. The molecule has 25 heavy (non-hydrogen) atoms. The van der Waals surface area contributed by atoms with Gasteiger partial charge in [-0.1, -0.05) is 6.08 Å². The van der Waals surface area contributed by atoms with Crippen LogP contribution < -0.4 is 22.6 Å². The van der Waals surface area contributed by atoms with Crippen LogP contribution in [0.15, 0.2) is 27.5 Å². The zero-order valence-electron chi connectivity index (χ0n) is 13.5. The number of hydrogen-bond donors (Lipinski definition) is 4. The lowest BCUT2D eigenvalue weighted by atomic mass is 10.2. The summed E-state index contributed by atoms with van der Waals surface area (Å²) in [6, 6.07) is -1.82. The molecule has 2 heterocycles. The lowest BCUT2D eigenvalue weighted by molar-refractivity contribution is 0.246. The van der Waals surface area contributed by atoms with Gasteiger partial charge in [0.15, 0.2) is 0 Å². The number of rotatable bonds is 3. The molecule has 0 atom stereocenters. The minimum atomic E-state index is -0.912. The summed E-state index contributed by atoms with van der Waals surface area (Å²) in [5, 5.41) is 5.09. The van der Waals surface area contributed by atoms with Crippen molar-refractivity contribution in [2.24, 2.45) is 11.5 Å². The van der Waals surface area contributed by atoms with E-state index in [0.29, 0.717) is 20.8 Å². The number of primary amides is 2. The Morgan fingerprint density at radius 2 is 1.44 bits per heavy atom. The van der Waals surface area contributed by atoms with E-state index in [1.807, 2.05) is 0 Å². The molecule has 0 aromatic carbocycles. The van der Waals surface area contributed by atoms with Gasteiger partial charge in [0, 0.05) is 11.4 Å². The lowest BCUT2D eigenvalue weighted by Gasteiger charge is -1.89. The molecule has 2 aromatic heterocycles. The van der Waals surface area contributed by atoms with Gasteiger partial charge < -0.3 is 11.5 Å². The molecule has 0 saturated heterocycles. The molecule has 0 spiro atoms. The van der Waals surface area contributed by atoms with Gasteiger partial charge >= 0.3 is 12.1 Å². The highest BCUT2D eigenvalue weighted by Crippen LogP contribution is 2.03. The first-order chi connectivity index (χ1) is 11.7.